The SMILES string of the molecule is Cc1cnc(N2CCCC2c2ccc(I)cc2)nc1. The van der Waals surface area contributed by atoms with E-state index in [4.69, 9.17) is 0 Å². The highest BCUT2D eigenvalue weighted by atomic mass is 127. The number of halogens is 1. The molecular formula is C15H16IN3. The van der Waals surface area contributed by atoms with Crippen molar-refractivity contribution in [2.45, 2.75) is 25.8 Å². The molecule has 2 aromatic rings. The molecule has 1 saturated heterocycles. The third-order valence-corrected chi connectivity index (χ3v) is 4.25. The van der Waals surface area contributed by atoms with E-state index in [0.29, 0.717) is 6.04 Å². The number of nitrogens with zero attached hydrogens (tertiary/aromatic N) is 3. The first-order valence-corrected chi connectivity index (χ1v) is 7.63. The average Bonchev–Trinajstić information content (AvgIpc) is 2.90. The summed E-state index contributed by atoms with van der Waals surface area (Å²) in [4.78, 5) is 11.3. The molecular weight excluding hydrogens is 349 g/mol. The smallest absolute Gasteiger partial charge is 0.225 e. The van der Waals surface area contributed by atoms with Gasteiger partial charge in [0.25, 0.3) is 0 Å². The number of rotatable bonds is 2. The Morgan fingerprint density at radius 3 is 2.53 bits per heavy atom. The second-order valence-corrected chi connectivity index (χ2v) is 6.21. The summed E-state index contributed by atoms with van der Waals surface area (Å²) in [6.45, 7) is 3.06. The molecule has 0 N–H and O–H groups in total. The third-order valence-electron chi connectivity index (χ3n) is 3.53. The maximum atomic E-state index is 4.47. The Labute approximate surface area is 127 Å². The van der Waals surface area contributed by atoms with Crippen molar-refractivity contribution in [3.05, 3.63) is 51.4 Å². The molecule has 3 nitrogen and oxygen atoms in total. The van der Waals surface area contributed by atoms with Crippen molar-refractivity contribution in [2.75, 3.05) is 11.4 Å². The van der Waals surface area contributed by atoms with Crippen LogP contribution >= 0.6 is 22.6 Å². The number of aromatic nitrogens is 2. The van der Waals surface area contributed by atoms with Gasteiger partial charge in [-0.3, -0.25) is 0 Å². The predicted molar refractivity (Wildman–Crippen MR) is 85.2 cm³/mol. The van der Waals surface area contributed by atoms with Crippen LogP contribution < -0.4 is 4.90 Å². The van der Waals surface area contributed by atoms with Gasteiger partial charge >= 0.3 is 0 Å². The fraction of sp³-hybridized carbons (Fsp3) is 0.333. The average molecular weight is 365 g/mol. The van der Waals surface area contributed by atoms with Crippen LogP contribution in [0.4, 0.5) is 5.95 Å². The minimum Gasteiger partial charge on any atom is -0.334 e. The van der Waals surface area contributed by atoms with Gasteiger partial charge in [0.1, 0.15) is 0 Å². The topological polar surface area (TPSA) is 29.0 Å². The molecule has 1 fully saturated rings. The molecule has 1 aromatic carbocycles. The molecule has 0 spiro atoms. The van der Waals surface area contributed by atoms with Gasteiger partial charge < -0.3 is 4.90 Å². The lowest BCUT2D eigenvalue weighted by Gasteiger charge is -2.25. The Bertz CT molecular complexity index is 499. The van der Waals surface area contributed by atoms with Crippen LogP contribution in [0, 0.1) is 10.5 Å². The first-order chi connectivity index (χ1) is 9.24. The van der Waals surface area contributed by atoms with Crippen LogP contribution in [0.2, 0.25) is 0 Å². The Hall–Kier alpha value is -1.17. The largest absolute Gasteiger partial charge is 0.334 e. The lowest BCUT2D eigenvalue weighted by atomic mass is 10.1. The molecule has 1 unspecified atom stereocenters. The normalized spacial score (nSPS) is 18.8. The van der Waals surface area contributed by atoms with Gasteiger partial charge in [0.15, 0.2) is 0 Å². The van der Waals surface area contributed by atoms with E-state index in [1.807, 2.05) is 19.3 Å². The number of hydrogen-bond acceptors (Lipinski definition) is 3. The molecule has 19 heavy (non-hydrogen) atoms. The predicted octanol–water partition coefficient (Wildman–Crippen LogP) is 3.73. The zero-order valence-electron chi connectivity index (χ0n) is 10.9. The van der Waals surface area contributed by atoms with Gasteiger partial charge in [-0.1, -0.05) is 12.1 Å². The molecule has 0 amide bonds. The van der Waals surface area contributed by atoms with Crippen LogP contribution in [0.5, 0.6) is 0 Å². The fourth-order valence-corrected chi connectivity index (χ4v) is 2.93. The van der Waals surface area contributed by atoms with E-state index in [0.717, 1.165) is 18.1 Å². The monoisotopic (exact) mass is 365 g/mol. The molecule has 98 valence electrons. The maximum absolute atomic E-state index is 4.47. The molecule has 0 bridgehead atoms. The van der Waals surface area contributed by atoms with Gasteiger partial charge in [-0.05, 0) is 65.6 Å². The summed E-state index contributed by atoms with van der Waals surface area (Å²) < 4.78 is 1.28. The second-order valence-electron chi connectivity index (χ2n) is 4.96. The van der Waals surface area contributed by atoms with Crippen LogP contribution in [0.25, 0.3) is 0 Å². The summed E-state index contributed by atoms with van der Waals surface area (Å²) in [6.07, 6.45) is 6.17. The molecule has 2 heterocycles. The second kappa shape index (κ2) is 5.45. The summed E-state index contributed by atoms with van der Waals surface area (Å²) in [6, 6.07) is 9.20. The summed E-state index contributed by atoms with van der Waals surface area (Å²) >= 11 is 2.34. The van der Waals surface area contributed by atoms with E-state index in [9.17, 15) is 0 Å². The standard InChI is InChI=1S/C15H16IN3/c1-11-9-17-15(18-10-11)19-8-2-3-14(19)12-4-6-13(16)7-5-12/h4-7,9-10,14H,2-3,8H2,1H3. The van der Waals surface area contributed by atoms with Crippen LogP contribution in [0.1, 0.15) is 30.0 Å². The summed E-state index contributed by atoms with van der Waals surface area (Å²) in [5, 5.41) is 0. The van der Waals surface area contributed by atoms with Crippen molar-refractivity contribution >= 4 is 28.5 Å². The number of aryl methyl sites for hydroxylation is 1. The van der Waals surface area contributed by atoms with E-state index in [1.165, 1.54) is 22.0 Å². The fourth-order valence-electron chi connectivity index (χ4n) is 2.57. The van der Waals surface area contributed by atoms with Gasteiger partial charge in [0.05, 0.1) is 6.04 Å². The zero-order chi connectivity index (χ0) is 13.2. The van der Waals surface area contributed by atoms with Crippen LogP contribution in [-0.2, 0) is 0 Å². The van der Waals surface area contributed by atoms with E-state index >= 15 is 0 Å². The number of benzene rings is 1. The Morgan fingerprint density at radius 2 is 1.84 bits per heavy atom. The molecule has 1 aliphatic heterocycles. The van der Waals surface area contributed by atoms with Crippen molar-refractivity contribution in [1.29, 1.82) is 0 Å². The van der Waals surface area contributed by atoms with Gasteiger partial charge in [0.2, 0.25) is 5.95 Å². The Balaban J connectivity index is 1.89. The molecule has 0 aliphatic carbocycles. The molecule has 4 heteroatoms. The molecule has 0 radical (unpaired) electrons. The maximum Gasteiger partial charge on any atom is 0.225 e. The van der Waals surface area contributed by atoms with Crippen molar-refractivity contribution in [3.63, 3.8) is 0 Å². The highest BCUT2D eigenvalue weighted by Gasteiger charge is 2.27. The molecule has 0 saturated carbocycles. The number of hydrogen-bond donors (Lipinski definition) is 0. The molecule has 1 aliphatic rings. The third kappa shape index (κ3) is 2.73. The zero-order valence-corrected chi connectivity index (χ0v) is 13.0. The number of anilines is 1. The minimum atomic E-state index is 0.416. The Morgan fingerprint density at radius 1 is 1.16 bits per heavy atom. The summed E-state index contributed by atoms with van der Waals surface area (Å²) in [7, 11) is 0. The molecule has 1 atom stereocenters. The van der Waals surface area contributed by atoms with E-state index in [1.54, 1.807) is 0 Å². The summed E-state index contributed by atoms with van der Waals surface area (Å²) in [5.74, 6) is 0.853. The van der Waals surface area contributed by atoms with Crippen molar-refractivity contribution in [3.8, 4) is 0 Å². The lowest BCUT2D eigenvalue weighted by Crippen LogP contribution is -2.24. The molecule has 3 rings (SSSR count). The van der Waals surface area contributed by atoms with Gasteiger partial charge in [-0.15, -0.1) is 0 Å². The van der Waals surface area contributed by atoms with E-state index < -0.39 is 0 Å². The highest BCUT2D eigenvalue weighted by molar-refractivity contribution is 14.1. The van der Waals surface area contributed by atoms with Crippen molar-refractivity contribution in [2.24, 2.45) is 0 Å². The quantitative estimate of drug-likeness (QED) is 0.760. The molecule has 1 aromatic heterocycles. The van der Waals surface area contributed by atoms with Gasteiger partial charge in [0, 0.05) is 22.5 Å². The van der Waals surface area contributed by atoms with Gasteiger partial charge in [-0.25, -0.2) is 9.97 Å². The van der Waals surface area contributed by atoms with Crippen molar-refractivity contribution in [1.82, 2.24) is 9.97 Å². The minimum absolute atomic E-state index is 0.416. The lowest BCUT2D eigenvalue weighted by molar-refractivity contribution is 0.701. The van der Waals surface area contributed by atoms with Crippen LogP contribution in [-0.4, -0.2) is 16.5 Å². The summed E-state index contributed by atoms with van der Waals surface area (Å²) in [5.41, 5.74) is 2.47. The first kappa shape index (κ1) is 12.8. The van der Waals surface area contributed by atoms with Gasteiger partial charge in [-0.2, -0.15) is 0 Å². The highest BCUT2D eigenvalue weighted by Crippen LogP contribution is 2.34. The Kier molecular flexibility index (Phi) is 3.68. The van der Waals surface area contributed by atoms with Crippen molar-refractivity contribution < 1.29 is 0 Å². The van der Waals surface area contributed by atoms with Crippen LogP contribution in [0.15, 0.2) is 36.7 Å². The van der Waals surface area contributed by atoms with E-state index in [-0.39, 0.29) is 0 Å². The first-order valence-electron chi connectivity index (χ1n) is 6.55. The van der Waals surface area contributed by atoms with E-state index in [2.05, 4.69) is 61.7 Å². The van der Waals surface area contributed by atoms with Crippen LogP contribution in [0.3, 0.4) is 0 Å².